The summed E-state index contributed by atoms with van der Waals surface area (Å²) < 4.78 is 11.6. The van der Waals surface area contributed by atoms with Crippen LogP contribution < -0.4 is 9.47 Å². The third-order valence-corrected chi connectivity index (χ3v) is 5.77. The quantitative estimate of drug-likeness (QED) is 0.495. The van der Waals surface area contributed by atoms with Gasteiger partial charge in [-0.05, 0) is 66.3 Å². The highest BCUT2D eigenvalue weighted by molar-refractivity contribution is 8.16. The first-order valence-corrected chi connectivity index (χ1v) is 10.9. The number of nitrogens with one attached hydrogen (secondary N) is 1. The zero-order chi connectivity index (χ0) is 21.8. The Morgan fingerprint density at radius 1 is 1.03 bits per heavy atom. The predicted octanol–water partition coefficient (Wildman–Crippen LogP) is 4.93. The molecular formula is C24H23N3O3S. The average Bonchev–Trinajstić information content (AvgIpc) is 3.23. The predicted molar refractivity (Wildman–Crippen MR) is 125 cm³/mol. The van der Waals surface area contributed by atoms with E-state index in [1.54, 1.807) is 17.2 Å². The SMILES string of the molecule is Cc1ccc(OCCCOc2ccc(/C=C3/C(=N)N4C=CSC4=NC3=O)cc2)cc1C. The van der Waals surface area contributed by atoms with Crippen molar-refractivity contribution in [2.75, 3.05) is 13.2 Å². The van der Waals surface area contributed by atoms with Crippen LogP contribution in [0.15, 0.2) is 64.6 Å². The van der Waals surface area contributed by atoms with Crippen molar-refractivity contribution in [3.8, 4) is 11.5 Å². The second kappa shape index (κ2) is 9.22. The topological polar surface area (TPSA) is 75.0 Å². The van der Waals surface area contributed by atoms with Crippen LogP contribution in [0.4, 0.5) is 0 Å². The number of fused-ring (bicyclic) bond motifs is 1. The van der Waals surface area contributed by atoms with E-state index in [4.69, 9.17) is 14.9 Å². The molecule has 2 aromatic rings. The Morgan fingerprint density at radius 2 is 1.74 bits per heavy atom. The molecule has 2 aromatic carbocycles. The van der Waals surface area contributed by atoms with Crippen LogP contribution in [-0.4, -0.2) is 35.0 Å². The third kappa shape index (κ3) is 4.88. The van der Waals surface area contributed by atoms with Crippen LogP contribution in [0.3, 0.4) is 0 Å². The second-order valence-electron chi connectivity index (χ2n) is 7.24. The van der Waals surface area contributed by atoms with E-state index < -0.39 is 5.91 Å². The molecule has 0 saturated heterocycles. The Hall–Kier alpha value is -3.32. The average molecular weight is 434 g/mol. The fourth-order valence-corrected chi connectivity index (χ4v) is 3.81. The second-order valence-corrected chi connectivity index (χ2v) is 8.12. The molecule has 7 heteroatoms. The highest BCUT2D eigenvalue weighted by Gasteiger charge is 2.30. The molecule has 0 unspecified atom stereocenters. The fraction of sp³-hybridized carbons (Fsp3) is 0.208. The van der Waals surface area contributed by atoms with E-state index in [-0.39, 0.29) is 11.4 Å². The van der Waals surface area contributed by atoms with E-state index in [0.29, 0.717) is 18.4 Å². The Balaban J connectivity index is 1.28. The lowest BCUT2D eigenvalue weighted by molar-refractivity contribution is -0.114. The summed E-state index contributed by atoms with van der Waals surface area (Å²) in [5.41, 5.74) is 3.56. The molecule has 1 N–H and O–H groups in total. The summed E-state index contributed by atoms with van der Waals surface area (Å²) in [7, 11) is 0. The number of ether oxygens (including phenoxy) is 2. The lowest BCUT2D eigenvalue weighted by Gasteiger charge is -2.22. The summed E-state index contributed by atoms with van der Waals surface area (Å²) in [6.45, 7) is 5.29. The van der Waals surface area contributed by atoms with Gasteiger partial charge in [-0.25, -0.2) is 0 Å². The number of amides is 1. The number of aryl methyl sites for hydroxylation is 2. The van der Waals surface area contributed by atoms with Crippen molar-refractivity contribution in [1.82, 2.24) is 4.90 Å². The minimum absolute atomic E-state index is 0.139. The number of carbonyl (C=O) groups excluding carboxylic acids is 1. The van der Waals surface area contributed by atoms with Gasteiger partial charge >= 0.3 is 0 Å². The van der Waals surface area contributed by atoms with E-state index in [1.807, 2.05) is 41.8 Å². The number of hydrogen-bond donors (Lipinski definition) is 1. The van der Waals surface area contributed by atoms with Crippen molar-refractivity contribution in [2.45, 2.75) is 20.3 Å². The molecule has 0 radical (unpaired) electrons. The molecule has 2 aliphatic rings. The van der Waals surface area contributed by atoms with Crippen molar-refractivity contribution >= 4 is 34.7 Å². The molecule has 158 valence electrons. The molecule has 6 nitrogen and oxygen atoms in total. The van der Waals surface area contributed by atoms with Gasteiger partial charge in [-0.15, -0.1) is 0 Å². The van der Waals surface area contributed by atoms with E-state index in [2.05, 4.69) is 24.9 Å². The van der Waals surface area contributed by atoms with Gasteiger partial charge in [0.1, 0.15) is 17.3 Å². The largest absolute Gasteiger partial charge is 0.493 e. The normalized spacial score (nSPS) is 16.5. The van der Waals surface area contributed by atoms with Crippen LogP contribution in [0.2, 0.25) is 0 Å². The summed E-state index contributed by atoms with van der Waals surface area (Å²) in [6, 6.07) is 13.5. The van der Waals surface area contributed by atoms with Gasteiger partial charge in [-0.3, -0.25) is 15.1 Å². The number of nitrogens with zero attached hydrogens (tertiary/aromatic N) is 2. The number of rotatable bonds is 7. The highest BCUT2D eigenvalue weighted by Crippen LogP contribution is 2.27. The maximum Gasteiger partial charge on any atom is 0.283 e. The molecule has 0 atom stereocenters. The van der Waals surface area contributed by atoms with E-state index >= 15 is 0 Å². The van der Waals surface area contributed by atoms with Crippen LogP contribution in [0, 0.1) is 19.3 Å². The molecule has 4 rings (SSSR count). The molecule has 0 saturated carbocycles. The van der Waals surface area contributed by atoms with Gasteiger partial charge in [0, 0.05) is 12.6 Å². The van der Waals surface area contributed by atoms with Gasteiger partial charge in [0.05, 0.1) is 18.8 Å². The number of aliphatic imine (C=N–C) groups is 1. The zero-order valence-electron chi connectivity index (χ0n) is 17.4. The van der Waals surface area contributed by atoms with Crippen LogP contribution in [0.1, 0.15) is 23.1 Å². The summed E-state index contributed by atoms with van der Waals surface area (Å²) in [6.07, 6.45) is 4.20. The van der Waals surface area contributed by atoms with E-state index in [1.165, 1.54) is 22.9 Å². The fourth-order valence-electron chi connectivity index (χ4n) is 3.10. The van der Waals surface area contributed by atoms with Gasteiger partial charge in [0.25, 0.3) is 5.91 Å². The molecule has 0 fully saturated rings. The molecule has 0 aromatic heterocycles. The van der Waals surface area contributed by atoms with E-state index in [0.717, 1.165) is 23.5 Å². The summed E-state index contributed by atoms with van der Waals surface area (Å²) >= 11 is 1.34. The zero-order valence-corrected chi connectivity index (χ0v) is 18.2. The molecular weight excluding hydrogens is 410 g/mol. The van der Waals surface area contributed by atoms with Gasteiger partial charge in [0.15, 0.2) is 5.17 Å². The van der Waals surface area contributed by atoms with Crippen molar-refractivity contribution in [3.63, 3.8) is 0 Å². The lowest BCUT2D eigenvalue weighted by Crippen LogP contribution is -2.35. The van der Waals surface area contributed by atoms with Crippen LogP contribution in [0.5, 0.6) is 11.5 Å². The van der Waals surface area contributed by atoms with Gasteiger partial charge in [0.2, 0.25) is 0 Å². The van der Waals surface area contributed by atoms with E-state index in [9.17, 15) is 4.79 Å². The molecule has 0 spiro atoms. The van der Waals surface area contributed by atoms with Crippen molar-refractivity contribution in [1.29, 1.82) is 5.41 Å². The molecule has 0 aliphatic carbocycles. The van der Waals surface area contributed by atoms with Crippen molar-refractivity contribution in [3.05, 3.63) is 76.3 Å². The number of benzene rings is 2. The molecule has 1 amide bonds. The standard InChI is InChI=1S/C24H23N3O3S/c1-16-4-7-20(14-17(16)2)30-12-3-11-29-19-8-5-18(6-9-19)15-21-22(25)27-10-13-31-24(27)26-23(21)28/h4-10,13-15,25H,3,11-12H2,1-2H3/b21-15-,25-22?. The molecule has 31 heavy (non-hydrogen) atoms. The summed E-state index contributed by atoms with van der Waals surface area (Å²) in [5, 5.41) is 10.6. The number of hydrogen-bond acceptors (Lipinski definition) is 5. The molecule has 2 aliphatic heterocycles. The monoisotopic (exact) mass is 433 g/mol. The molecule has 0 bridgehead atoms. The Bertz CT molecular complexity index is 1100. The van der Waals surface area contributed by atoms with Gasteiger partial charge in [-0.2, -0.15) is 4.99 Å². The Morgan fingerprint density at radius 3 is 2.48 bits per heavy atom. The Labute approximate surface area is 185 Å². The highest BCUT2D eigenvalue weighted by atomic mass is 32.2. The number of carbonyl (C=O) groups is 1. The Kier molecular flexibility index (Phi) is 6.23. The maximum atomic E-state index is 12.3. The smallest absolute Gasteiger partial charge is 0.283 e. The van der Waals surface area contributed by atoms with Crippen molar-refractivity contribution in [2.24, 2.45) is 4.99 Å². The lowest BCUT2D eigenvalue weighted by atomic mass is 10.1. The molecule has 2 heterocycles. The maximum absolute atomic E-state index is 12.3. The third-order valence-electron chi connectivity index (χ3n) is 5.01. The van der Waals surface area contributed by atoms with Crippen molar-refractivity contribution < 1.29 is 14.3 Å². The minimum atomic E-state index is -0.392. The summed E-state index contributed by atoms with van der Waals surface area (Å²) in [4.78, 5) is 17.9. The van der Waals surface area contributed by atoms with Crippen LogP contribution in [0.25, 0.3) is 6.08 Å². The van der Waals surface area contributed by atoms with Gasteiger partial charge in [-0.1, -0.05) is 30.0 Å². The number of amidine groups is 2. The first kappa shape index (κ1) is 20.9. The first-order valence-electron chi connectivity index (χ1n) is 10.0. The summed E-state index contributed by atoms with van der Waals surface area (Å²) in [5.74, 6) is 1.37. The minimum Gasteiger partial charge on any atom is -0.493 e. The van der Waals surface area contributed by atoms with Gasteiger partial charge < -0.3 is 9.47 Å². The van der Waals surface area contributed by atoms with Crippen LogP contribution >= 0.6 is 11.8 Å². The first-order chi connectivity index (χ1) is 15.0. The van der Waals surface area contributed by atoms with Crippen LogP contribution in [-0.2, 0) is 4.79 Å². The number of thioether (sulfide) groups is 1.